The van der Waals surface area contributed by atoms with Gasteiger partial charge in [-0.15, -0.1) is 0 Å². The van der Waals surface area contributed by atoms with Gasteiger partial charge in [0.25, 0.3) is 0 Å². The van der Waals surface area contributed by atoms with Crippen LogP contribution in [0.25, 0.3) is 0 Å². The molecular formula is C15H26N4O2. The molecule has 1 fully saturated rings. The fourth-order valence-electron chi connectivity index (χ4n) is 3.05. The molecule has 2 N–H and O–H groups in total. The number of aryl methyl sites for hydroxylation is 2. The number of amides is 1. The summed E-state index contributed by atoms with van der Waals surface area (Å²) in [6.07, 6.45) is 3.08. The number of rotatable bonds is 5. The van der Waals surface area contributed by atoms with Crippen molar-refractivity contribution in [3.8, 4) is 0 Å². The minimum atomic E-state index is 0.0128. The van der Waals surface area contributed by atoms with Gasteiger partial charge in [0.05, 0.1) is 23.6 Å². The third kappa shape index (κ3) is 4.04. The highest BCUT2D eigenvalue weighted by Gasteiger charge is 2.22. The molecule has 1 aromatic rings. The van der Waals surface area contributed by atoms with Gasteiger partial charge in [-0.1, -0.05) is 0 Å². The van der Waals surface area contributed by atoms with E-state index in [1.807, 2.05) is 20.9 Å². The second kappa shape index (κ2) is 7.04. The van der Waals surface area contributed by atoms with Crippen LogP contribution in [0.15, 0.2) is 0 Å². The van der Waals surface area contributed by atoms with E-state index in [-0.39, 0.29) is 12.5 Å². The number of nitrogens with one attached hydrogen (secondary N) is 1. The van der Waals surface area contributed by atoms with E-state index in [9.17, 15) is 4.79 Å². The Morgan fingerprint density at radius 1 is 1.48 bits per heavy atom. The van der Waals surface area contributed by atoms with Gasteiger partial charge in [0, 0.05) is 20.2 Å². The Morgan fingerprint density at radius 2 is 2.24 bits per heavy atom. The zero-order valence-electron chi connectivity index (χ0n) is 13.2. The first kappa shape index (κ1) is 16.0. The number of carbonyl (C=O) groups excluding carboxylic acids is 1. The average Bonchev–Trinajstić information content (AvgIpc) is 2.66. The minimum absolute atomic E-state index is 0.0128. The van der Waals surface area contributed by atoms with Crippen molar-refractivity contribution in [2.24, 2.45) is 13.0 Å². The highest BCUT2D eigenvalue weighted by atomic mass is 16.3. The zero-order chi connectivity index (χ0) is 15.4. The van der Waals surface area contributed by atoms with E-state index in [2.05, 4.69) is 15.3 Å². The second-order valence-electron chi connectivity index (χ2n) is 5.97. The summed E-state index contributed by atoms with van der Waals surface area (Å²) in [6.45, 7) is 6.36. The number of aliphatic hydroxyl groups is 1. The predicted molar refractivity (Wildman–Crippen MR) is 82.2 cm³/mol. The summed E-state index contributed by atoms with van der Waals surface area (Å²) < 4.78 is 1.78. The van der Waals surface area contributed by atoms with E-state index in [1.54, 1.807) is 4.68 Å². The molecule has 6 nitrogen and oxygen atoms in total. The van der Waals surface area contributed by atoms with Gasteiger partial charge in [-0.05, 0) is 45.6 Å². The molecular weight excluding hydrogens is 268 g/mol. The van der Waals surface area contributed by atoms with E-state index in [0.717, 1.165) is 49.4 Å². The van der Waals surface area contributed by atoms with Gasteiger partial charge in [-0.3, -0.25) is 14.4 Å². The van der Waals surface area contributed by atoms with Crippen molar-refractivity contribution < 1.29 is 9.90 Å². The Kier molecular flexibility index (Phi) is 5.36. The Labute approximate surface area is 126 Å². The number of aliphatic hydroxyl groups excluding tert-OH is 1. The fraction of sp³-hybridized carbons (Fsp3) is 0.733. The number of hydrogen-bond acceptors (Lipinski definition) is 4. The van der Waals surface area contributed by atoms with Crippen LogP contribution >= 0.6 is 0 Å². The van der Waals surface area contributed by atoms with Crippen LogP contribution in [0.5, 0.6) is 0 Å². The van der Waals surface area contributed by atoms with Crippen LogP contribution < -0.4 is 5.32 Å². The number of nitrogens with zero attached hydrogens (tertiary/aromatic N) is 3. The topological polar surface area (TPSA) is 70.4 Å². The Hall–Kier alpha value is -1.40. The van der Waals surface area contributed by atoms with Crippen molar-refractivity contribution >= 4 is 11.6 Å². The van der Waals surface area contributed by atoms with Crippen molar-refractivity contribution in [2.75, 3.05) is 31.6 Å². The summed E-state index contributed by atoms with van der Waals surface area (Å²) in [5.41, 5.74) is 2.64. The van der Waals surface area contributed by atoms with Gasteiger partial charge >= 0.3 is 0 Å². The smallest absolute Gasteiger partial charge is 0.238 e. The molecule has 0 radical (unpaired) electrons. The van der Waals surface area contributed by atoms with Crippen LogP contribution in [0.2, 0.25) is 0 Å². The lowest BCUT2D eigenvalue weighted by atomic mass is 9.95. The van der Waals surface area contributed by atoms with Crippen LogP contribution in [-0.4, -0.2) is 51.9 Å². The van der Waals surface area contributed by atoms with Crippen molar-refractivity contribution in [3.63, 3.8) is 0 Å². The summed E-state index contributed by atoms with van der Waals surface area (Å²) in [7, 11) is 1.88. The van der Waals surface area contributed by atoms with E-state index in [1.165, 1.54) is 0 Å². The standard InChI is InChI=1S/C15H26N4O2/c1-11-15(12(2)18(3)17-11)16-14(21)10-19-7-4-5-13(9-19)6-8-20/h13,20H,4-10H2,1-3H3,(H,16,21). The van der Waals surface area contributed by atoms with Gasteiger partial charge in [0.1, 0.15) is 0 Å². The number of carbonyl (C=O) groups is 1. The van der Waals surface area contributed by atoms with Crippen LogP contribution in [0.1, 0.15) is 30.7 Å². The van der Waals surface area contributed by atoms with Crippen LogP contribution in [0, 0.1) is 19.8 Å². The molecule has 1 saturated heterocycles. The molecule has 2 rings (SSSR count). The maximum absolute atomic E-state index is 12.2. The van der Waals surface area contributed by atoms with Crippen molar-refractivity contribution in [3.05, 3.63) is 11.4 Å². The normalized spacial score (nSPS) is 19.7. The monoisotopic (exact) mass is 294 g/mol. The first-order chi connectivity index (χ1) is 10.0. The highest BCUT2D eigenvalue weighted by molar-refractivity contribution is 5.93. The van der Waals surface area contributed by atoms with E-state index < -0.39 is 0 Å². The quantitative estimate of drug-likeness (QED) is 0.852. The molecule has 0 saturated carbocycles. The van der Waals surface area contributed by atoms with Crippen LogP contribution in [-0.2, 0) is 11.8 Å². The number of piperidine rings is 1. The summed E-state index contributed by atoms with van der Waals surface area (Å²) >= 11 is 0. The lowest BCUT2D eigenvalue weighted by molar-refractivity contribution is -0.117. The van der Waals surface area contributed by atoms with Gasteiger partial charge in [-0.2, -0.15) is 5.10 Å². The lowest BCUT2D eigenvalue weighted by Crippen LogP contribution is -2.40. The van der Waals surface area contributed by atoms with Crippen LogP contribution in [0.3, 0.4) is 0 Å². The molecule has 1 aliphatic heterocycles. The second-order valence-corrected chi connectivity index (χ2v) is 5.97. The van der Waals surface area contributed by atoms with Crippen LogP contribution in [0.4, 0.5) is 5.69 Å². The summed E-state index contributed by atoms with van der Waals surface area (Å²) in [6, 6.07) is 0. The third-order valence-corrected chi connectivity index (χ3v) is 4.28. The molecule has 0 bridgehead atoms. The van der Waals surface area contributed by atoms with E-state index in [0.29, 0.717) is 12.5 Å². The van der Waals surface area contributed by atoms with Gasteiger partial charge in [0.2, 0.25) is 5.91 Å². The van der Waals surface area contributed by atoms with E-state index >= 15 is 0 Å². The first-order valence-corrected chi connectivity index (χ1v) is 7.64. The number of anilines is 1. The molecule has 2 heterocycles. The molecule has 0 aliphatic carbocycles. The van der Waals surface area contributed by atoms with Gasteiger partial charge in [0.15, 0.2) is 0 Å². The highest BCUT2D eigenvalue weighted by Crippen LogP contribution is 2.20. The molecule has 1 aromatic heterocycles. The predicted octanol–water partition coefficient (Wildman–Crippen LogP) is 1.07. The summed E-state index contributed by atoms with van der Waals surface area (Å²) in [4.78, 5) is 14.4. The fourth-order valence-corrected chi connectivity index (χ4v) is 3.05. The number of aromatic nitrogens is 2. The number of likely N-dealkylation sites (tertiary alicyclic amines) is 1. The lowest BCUT2D eigenvalue weighted by Gasteiger charge is -2.31. The Balaban J connectivity index is 1.89. The molecule has 1 atom stereocenters. The number of hydrogen-bond donors (Lipinski definition) is 2. The molecule has 118 valence electrons. The SMILES string of the molecule is Cc1nn(C)c(C)c1NC(=O)CN1CCCC(CCO)C1. The third-order valence-electron chi connectivity index (χ3n) is 4.28. The van der Waals surface area contributed by atoms with E-state index in [4.69, 9.17) is 5.11 Å². The first-order valence-electron chi connectivity index (χ1n) is 7.64. The summed E-state index contributed by atoms with van der Waals surface area (Å²) in [5, 5.41) is 16.3. The Bertz CT molecular complexity index is 496. The molecule has 21 heavy (non-hydrogen) atoms. The molecule has 1 amide bonds. The maximum Gasteiger partial charge on any atom is 0.238 e. The Morgan fingerprint density at radius 3 is 2.86 bits per heavy atom. The minimum Gasteiger partial charge on any atom is -0.396 e. The van der Waals surface area contributed by atoms with Crippen molar-refractivity contribution in [2.45, 2.75) is 33.1 Å². The average molecular weight is 294 g/mol. The summed E-state index contributed by atoms with van der Waals surface area (Å²) in [5.74, 6) is 0.525. The zero-order valence-corrected chi connectivity index (χ0v) is 13.2. The molecule has 1 unspecified atom stereocenters. The molecule has 0 aromatic carbocycles. The maximum atomic E-state index is 12.2. The largest absolute Gasteiger partial charge is 0.396 e. The molecule has 0 spiro atoms. The molecule has 1 aliphatic rings. The van der Waals surface area contributed by atoms with Crippen molar-refractivity contribution in [1.82, 2.24) is 14.7 Å². The van der Waals surface area contributed by atoms with Gasteiger partial charge in [-0.25, -0.2) is 0 Å². The van der Waals surface area contributed by atoms with Crippen molar-refractivity contribution in [1.29, 1.82) is 0 Å². The molecule has 6 heteroatoms. The van der Waals surface area contributed by atoms with Gasteiger partial charge < -0.3 is 10.4 Å².